The molecule has 1 rings (SSSR count). The van der Waals surface area contributed by atoms with Crippen molar-refractivity contribution >= 4 is 5.91 Å². The number of hydrogen-bond donors (Lipinski definition) is 2. The van der Waals surface area contributed by atoms with Gasteiger partial charge in [0.1, 0.15) is 0 Å². The van der Waals surface area contributed by atoms with Gasteiger partial charge in [-0.1, -0.05) is 6.92 Å². The first-order chi connectivity index (χ1) is 7.85. The molecule has 0 radical (unpaired) electrons. The summed E-state index contributed by atoms with van der Waals surface area (Å²) in [5.74, 6) is 0.615. The highest BCUT2D eigenvalue weighted by atomic mass is 16.5. The second kappa shape index (κ2) is 5.83. The standard InChI is InChI=1S/C13H26N2O2/c1-9-5-6-10(14)7-11(9)12(16)15-8-13(2,3)17-4/h9-11H,5-8,14H2,1-4H3,(H,15,16). The number of carbonyl (C=O) groups is 1. The summed E-state index contributed by atoms with van der Waals surface area (Å²) in [4.78, 5) is 12.1. The number of carbonyl (C=O) groups excluding carboxylic acids is 1. The van der Waals surface area contributed by atoms with Gasteiger partial charge in [0.15, 0.2) is 0 Å². The molecule has 3 atom stereocenters. The van der Waals surface area contributed by atoms with Crippen LogP contribution in [0.4, 0.5) is 0 Å². The van der Waals surface area contributed by atoms with Crippen molar-refractivity contribution in [2.45, 2.75) is 51.7 Å². The van der Waals surface area contributed by atoms with E-state index in [4.69, 9.17) is 10.5 Å². The van der Waals surface area contributed by atoms with Gasteiger partial charge in [0.25, 0.3) is 0 Å². The second-order valence-corrected chi connectivity index (χ2v) is 5.84. The van der Waals surface area contributed by atoms with Crippen LogP contribution in [0, 0.1) is 11.8 Å². The first kappa shape index (κ1) is 14.5. The molecule has 1 saturated carbocycles. The first-order valence-corrected chi connectivity index (χ1v) is 6.44. The molecular formula is C13H26N2O2. The molecule has 0 heterocycles. The zero-order valence-corrected chi connectivity index (χ0v) is 11.5. The molecule has 0 aromatic carbocycles. The summed E-state index contributed by atoms with van der Waals surface area (Å²) in [6, 6.07) is 0.178. The van der Waals surface area contributed by atoms with E-state index in [-0.39, 0.29) is 23.5 Å². The number of ether oxygens (including phenoxy) is 1. The van der Waals surface area contributed by atoms with Crippen LogP contribution in [0.25, 0.3) is 0 Å². The fourth-order valence-electron chi connectivity index (χ4n) is 2.22. The van der Waals surface area contributed by atoms with Gasteiger partial charge in [-0.05, 0) is 39.0 Å². The van der Waals surface area contributed by atoms with Gasteiger partial charge >= 0.3 is 0 Å². The minimum Gasteiger partial charge on any atom is -0.377 e. The molecule has 0 spiro atoms. The Labute approximate surface area is 104 Å². The lowest BCUT2D eigenvalue weighted by molar-refractivity contribution is -0.129. The van der Waals surface area contributed by atoms with Crippen molar-refractivity contribution in [3.05, 3.63) is 0 Å². The lowest BCUT2D eigenvalue weighted by atomic mass is 9.77. The Balaban J connectivity index is 2.46. The van der Waals surface area contributed by atoms with Gasteiger partial charge in [0.2, 0.25) is 5.91 Å². The Morgan fingerprint density at radius 1 is 1.47 bits per heavy atom. The summed E-state index contributed by atoms with van der Waals surface area (Å²) >= 11 is 0. The second-order valence-electron chi connectivity index (χ2n) is 5.84. The van der Waals surface area contributed by atoms with Crippen LogP contribution in [0.15, 0.2) is 0 Å². The van der Waals surface area contributed by atoms with E-state index >= 15 is 0 Å². The highest BCUT2D eigenvalue weighted by Crippen LogP contribution is 2.29. The molecule has 1 aliphatic carbocycles. The van der Waals surface area contributed by atoms with Gasteiger partial charge < -0.3 is 15.8 Å². The van der Waals surface area contributed by atoms with E-state index in [0.29, 0.717) is 12.5 Å². The van der Waals surface area contributed by atoms with Crippen molar-refractivity contribution in [2.24, 2.45) is 17.6 Å². The van der Waals surface area contributed by atoms with Crippen LogP contribution in [0.1, 0.15) is 40.0 Å². The molecule has 0 aromatic rings. The van der Waals surface area contributed by atoms with Crippen molar-refractivity contribution in [1.82, 2.24) is 5.32 Å². The number of nitrogens with one attached hydrogen (secondary N) is 1. The Bertz CT molecular complexity index is 266. The monoisotopic (exact) mass is 242 g/mol. The number of hydrogen-bond acceptors (Lipinski definition) is 3. The lowest BCUT2D eigenvalue weighted by Crippen LogP contribution is -2.46. The number of methoxy groups -OCH3 is 1. The van der Waals surface area contributed by atoms with Crippen LogP contribution in [-0.4, -0.2) is 31.2 Å². The van der Waals surface area contributed by atoms with Crippen LogP contribution in [0.3, 0.4) is 0 Å². The summed E-state index contributed by atoms with van der Waals surface area (Å²) in [6.45, 7) is 6.60. The summed E-state index contributed by atoms with van der Waals surface area (Å²) < 4.78 is 5.28. The SMILES string of the molecule is COC(C)(C)CNC(=O)C1CC(N)CCC1C. The maximum Gasteiger partial charge on any atom is 0.223 e. The van der Waals surface area contributed by atoms with Gasteiger partial charge in [0, 0.05) is 25.6 Å². The molecule has 4 nitrogen and oxygen atoms in total. The van der Waals surface area contributed by atoms with Crippen LogP contribution in [0.5, 0.6) is 0 Å². The van der Waals surface area contributed by atoms with Gasteiger partial charge in [-0.25, -0.2) is 0 Å². The Morgan fingerprint density at radius 3 is 2.71 bits per heavy atom. The van der Waals surface area contributed by atoms with Crippen molar-refractivity contribution in [1.29, 1.82) is 0 Å². The van der Waals surface area contributed by atoms with Gasteiger partial charge in [-0.15, -0.1) is 0 Å². The molecule has 0 aliphatic heterocycles. The predicted octanol–water partition coefficient (Wildman–Crippen LogP) is 1.29. The average molecular weight is 242 g/mol. The number of rotatable bonds is 4. The molecule has 17 heavy (non-hydrogen) atoms. The van der Waals surface area contributed by atoms with Gasteiger partial charge in [0.05, 0.1) is 5.60 Å². The third-order valence-electron chi connectivity index (χ3n) is 3.81. The smallest absolute Gasteiger partial charge is 0.223 e. The quantitative estimate of drug-likeness (QED) is 0.781. The molecule has 1 fully saturated rings. The molecule has 0 saturated heterocycles. The summed E-state index contributed by atoms with van der Waals surface area (Å²) in [5.41, 5.74) is 5.62. The third kappa shape index (κ3) is 4.28. The maximum absolute atomic E-state index is 12.1. The number of amides is 1. The topological polar surface area (TPSA) is 64.3 Å². The maximum atomic E-state index is 12.1. The molecule has 3 unspecified atom stereocenters. The molecular weight excluding hydrogens is 216 g/mol. The predicted molar refractivity (Wildman–Crippen MR) is 68.6 cm³/mol. The minimum atomic E-state index is -0.310. The summed E-state index contributed by atoms with van der Waals surface area (Å²) in [7, 11) is 1.66. The lowest BCUT2D eigenvalue weighted by Gasteiger charge is -2.32. The van der Waals surface area contributed by atoms with Crippen LogP contribution >= 0.6 is 0 Å². The molecule has 0 bridgehead atoms. The molecule has 4 heteroatoms. The van der Waals surface area contributed by atoms with E-state index in [1.165, 1.54) is 0 Å². The van der Waals surface area contributed by atoms with Crippen molar-refractivity contribution < 1.29 is 9.53 Å². The molecule has 1 amide bonds. The Hall–Kier alpha value is -0.610. The van der Waals surface area contributed by atoms with Crippen LogP contribution in [0.2, 0.25) is 0 Å². The van der Waals surface area contributed by atoms with E-state index in [0.717, 1.165) is 19.3 Å². The normalized spacial score (nSPS) is 30.1. The van der Waals surface area contributed by atoms with E-state index < -0.39 is 0 Å². The van der Waals surface area contributed by atoms with Crippen molar-refractivity contribution in [2.75, 3.05) is 13.7 Å². The summed E-state index contributed by atoms with van der Waals surface area (Å²) in [5, 5.41) is 2.98. The molecule has 0 aromatic heterocycles. The van der Waals surface area contributed by atoms with Crippen molar-refractivity contribution in [3.8, 4) is 0 Å². The largest absolute Gasteiger partial charge is 0.377 e. The Morgan fingerprint density at radius 2 is 2.12 bits per heavy atom. The molecule has 3 N–H and O–H groups in total. The Kier molecular flexibility index (Phi) is 4.95. The fourth-order valence-corrected chi connectivity index (χ4v) is 2.22. The van der Waals surface area contributed by atoms with E-state index in [9.17, 15) is 4.79 Å². The van der Waals surface area contributed by atoms with E-state index in [1.54, 1.807) is 7.11 Å². The van der Waals surface area contributed by atoms with Gasteiger partial charge in [-0.3, -0.25) is 4.79 Å². The fraction of sp³-hybridized carbons (Fsp3) is 0.923. The summed E-state index contributed by atoms with van der Waals surface area (Å²) in [6.07, 6.45) is 2.89. The third-order valence-corrected chi connectivity index (χ3v) is 3.81. The molecule has 1 aliphatic rings. The van der Waals surface area contributed by atoms with Crippen LogP contribution < -0.4 is 11.1 Å². The average Bonchev–Trinajstić information content (AvgIpc) is 2.29. The van der Waals surface area contributed by atoms with Crippen LogP contribution in [-0.2, 0) is 9.53 Å². The van der Waals surface area contributed by atoms with E-state index in [1.807, 2.05) is 13.8 Å². The van der Waals surface area contributed by atoms with E-state index in [2.05, 4.69) is 12.2 Å². The minimum absolute atomic E-state index is 0.0615. The highest BCUT2D eigenvalue weighted by Gasteiger charge is 2.31. The molecule has 100 valence electrons. The zero-order chi connectivity index (χ0) is 13.1. The van der Waals surface area contributed by atoms with Gasteiger partial charge in [-0.2, -0.15) is 0 Å². The zero-order valence-electron chi connectivity index (χ0n) is 11.5. The number of nitrogens with two attached hydrogens (primary N) is 1. The first-order valence-electron chi connectivity index (χ1n) is 6.44. The highest BCUT2D eigenvalue weighted by molar-refractivity contribution is 5.79. The van der Waals surface area contributed by atoms with Crippen molar-refractivity contribution in [3.63, 3.8) is 0 Å².